The number of oxazole rings is 1. The summed E-state index contributed by atoms with van der Waals surface area (Å²) in [6, 6.07) is 7.03. The molecule has 1 unspecified atom stereocenters. The molecule has 0 N–H and O–H groups in total. The van der Waals surface area contributed by atoms with Gasteiger partial charge in [-0.1, -0.05) is 6.07 Å². The van der Waals surface area contributed by atoms with Crippen molar-refractivity contribution in [3.63, 3.8) is 0 Å². The second-order valence-electron chi connectivity index (χ2n) is 5.99. The van der Waals surface area contributed by atoms with E-state index >= 15 is 0 Å². The Morgan fingerprint density at radius 2 is 2.17 bits per heavy atom. The Labute approximate surface area is 133 Å². The van der Waals surface area contributed by atoms with E-state index in [1.54, 1.807) is 24.4 Å². The Morgan fingerprint density at radius 1 is 1.26 bits per heavy atom. The number of benzene rings is 1. The van der Waals surface area contributed by atoms with Gasteiger partial charge in [-0.2, -0.15) is 0 Å². The zero-order valence-electron chi connectivity index (χ0n) is 12.8. The van der Waals surface area contributed by atoms with Crippen LogP contribution in [0.4, 0.5) is 4.39 Å². The quantitative estimate of drug-likeness (QED) is 0.721. The molecule has 2 heterocycles. The fraction of sp³-hybridized carbons (Fsp3) is 0.278. The first-order valence-electron chi connectivity index (χ1n) is 7.71. The lowest BCUT2D eigenvalue weighted by Gasteiger charge is -2.21. The normalized spacial score (nSPS) is 17.0. The Balaban J connectivity index is 1.63. The molecule has 3 aromatic rings. The number of hydrogen-bond donors (Lipinski definition) is 0. The number of rotatable bonds is 2. The van der Waals surface area contributed by atoms with E-state index in [-0.39, 0.29) is 11.7 Å². The van der Waals surface area contributed by atoms with Crippen LogP contribution in [-0.2, 0) is 12.8 Å². The third-order valence-electron chi connectivity index (χ3n) is 4.27. The topological polar surface area (TPSA) is 51.8 Å². The number of halogens is 1. The molecule has 0 saturated heterocycles. The molecule has 0 bridgehead atoms. The van der Waals surface area contributed by atoms with E-state index in [2.05, 4.69) is 21.0 Å². The van der Waals surface area contributed by atoms with Crippen molar-refractivity contribution < 1.29 is 8.81 Å². The molecule has 0 aliphatic heterocycles. The zero-order valence-corrected chi connectivity index (χ0v) is 12.8. The van der Waals surface area contributed by atoms with Gasteiger partial charge >= 0.3 is 0 Å². The minimum Gasteiger partial charge on any atom is -0.440 e. The van der Waals surface area contributed by atoms with Crippen molar-refractivity contribution in [3.05, 3.63) is 65.2 Å². The Kier molecular flexibility index (Phi) is 3.41. The minimum absolute atomic E-state index is 0.173. The van der Waals surface area contributed by atoms with E-state index < -0.39 is 0 Å². The Morgan fingerprint density at radius 3 is 2.96 bits per heavy atom. The highest BCUT2D eigenvalue weighted by molar-refractivity contribution is 5.47. The molecule has 1 aromatic carbocycles. The summed E-state index contributed by atoms with van der Waals surface area (Å²) < 4.78 is 19.5. The molecule has 0 amide bonds. The third-order valence-corrected chi connectivity index (χ3v) is 4.27. The summed E-state index contributed by atoms with van der Waals surface area (Å²) in [5.74, 6) is 1.56. The lowest BCUT2D eigenvalue weighted by Crippen LogP contribution is -2.12. The summed E-state index contributed by atoms with van der Waals surface area (Å²) in [6.07, 6.45) is 5.68. The maximum Gasteiger partial charge on any atom is 0.245 e. The molecule has 23 heavy (non-hydrogen) atoms. The molecular formula is C18H16FN3O. The summed E-state index contributed by atoms with van der Waals surface area (Å²) in [5.41, 5.74) is 3.64. The van der Waals surface area contributed by atoms with Crippen LogP contribution in [0, 0.1) is 12.7 Å². The van der Waals surface area contributed by atoms with Crippen LogP contribution < -0.4 is 0 Å². The molecule has 116 valence electrons. The predicted molar refractivity (Wildman–Crippen MR) is 83.4 cm³/mol. The van der Waals surface area contributed by atoms with Gasteiger partial charge < -0.3 is 4.42 Å². The van der Waals surface area contributed by atoms with Crippen molar-refractivity contribution in [1.29, 1.82) is 0 Å². The monoisotopic (exact) mass is 309 g/mol. The number of hydrogen-bond acceptors (Lipinski definition) is 4. The highest BCUT2D eigenvalue weighted by Gasteiger charge is 2.26. The smallest absolute Gasteiger partial charge is 0.245 e. The lowest BCUT2D eigenvalue weighted by molar-refractivity contribution is 0.463. The molecular weight excluding hydrogens is 293 g/mol. The van der Waals surface area contributed by atoms with Crippen LogP contribution in [0.5, 0.6) is 0 Å². The van der Waals surface area contributed by atoms with E-state index in [1.807, 2.05) is 6.92 Å². The molecule has 4 rings (SSSR count). The summed E-state index contributed by atoms with van der Waals surface area (Å²) >= 11 is 0. The fourth-order valence-electron chi connectivity index (χ4n) is 3.19. The van der Waals surface area contributed by atoms with E-state index in [0.717, 1.165) is 41.8 Å². The van der Waals surface area contributed by atoms with Crippen LogP contribution in [0.15, 0.2) is 41.2 Å². The van der Waals surface area contributed by atoms with Gasteiger partial charge in [-0.15, -0.1) is 0 Å². The van der Waals surface area contributed by atoms with Crippen molar-refractivity contribution >= 4 is 0 Å². The molecule has 0 fully saturated rings. The average molecular weight is 309 g/mol. The van der Waals surface area contributed by atoms with Crippen LogP contribution in [-0.4, -0.2) is 15.0 Å². The van der Waals surface area contributed by atoms with Crippen LogP contribution in [0.2, 0.25) is 0 Å². The maximum absolute atomic E-state index is 13.7. The van der Waals surface area contributed by atoms with Crippen LogP contribution in [0.25, 0.3) is 11.6 Å². The second-order valence-corrected chi connectivity index (χ2v) is 5.99. The zero-order chi connectivity index (χ0) is 15.8. The van der Waals surface area contributed by atoms with Crippen molar-refractivity contribution in [2.45, 2.75) is 32.1 Å². The summed E-state index contributed by atoms with van der Waals surface area (Å²) in [6.45, 7) is 1.92. The average Bonchev–Trinajstić information content (AvgIpc) is 2.98. The molecule has 1 atom stereocenters. The summed E-state index contributed by atoms with van der Waals surface area (Å²) in [5, 5.41) is 0. The van der Waals surface area contributed by atoms with Gasteiger partial charge in [0.15, 0.2) is 0 Å². The molecule has 0 saturated carbocycles. The highest BCUT2D eigenvalue weighted by atomic mass is 19.1. The lowest BCUT2D eigenvalue weighted by atomic mass is 9.84. The number of nitrogens with zero attached hydrogens (tertiary/aromatic N) is 3. The van der Waals surface area contributed by atoms with Gasteiger partial charge in [0.2, 0.25) is 5.89 Å². The van der Waals surface area contributed by atoms with Gasteiger partial charge in [-0.05, 0) is 48.6 Å². The highest BCUT2D eigenvalue weighted by Crippen LogP contribution is 2.35. The SMILES string of the molecule is Cc1cc(F)cc(C2CCc3oc(-c4ccncn4)nc3C2)c1. The minimum atomic E-state index is -0.173. The fourth-order valence-corrected chi connectivity index (χ4v) is 3.19. The molecule has 0 spiro atoms. The predicted octanol–water partition coefficient (Wildman–Crippen LogP) is 3.85. The third kappa shape index (κ3) is 2.74. The Hall–Kier alpha value is -2.56. The van der Waals surface area contributed by atoms with E-state index in [0.29, 0.717) is 11.6 Å². The van der Waals surface area contributed by atoms with Gasteiger partial charge in [-0.25, -0.2) is 19.3 Å². The first-order valence-corrected chi connectivity index (χ1v) is 7.71. The molecule has 1 aliphatic rings. The van der Waals surface area contributed by atoms with E-state index in [4.69, 9.17) is 4.42 Å². The van der Waals surface area contributed by atoms with E-state index in [1.165, 1.54) is 6.33 Å². The summed E-state index contributed by atoms with van der Waals surface area (Å²) in [4.78, 5) is 12.7. The molecule has 2 aromatic heterocycles. The van der Waals surface area contributed by atoms with Crippen molar-refractivity contribution in [3.8, 4) is 11.6 Å². The molecule has 4 nitrogen and oxygen atoms in total. The van der Waals surface area contributed by atoms with Crippen LogP contribution in [0.1, 0.15) is 34.9 Å². The molecule has 1 aliphatic carbocycles. The van der Waals surface area contributed by atoms with Gasteiger partial charge in [-0.3, -0.25) is 0 Å². The number of aromatic nitrogens is 3. The number of aryl methyl sites for hydroxylation is 2. The van der Waals surface area contributed by atoms with Gasteiger partial charge in [0, 0.05) is 19.0 Å². The summed E-state index contributed by atoms with van der Waals surface area (Å²) in [7, 11) is 0. The van der Waals surface area contributed by atoms with Crippen LogP contribution in [0.3, 0.4) is 0 Å². The maximum atomic E-state index is 13.7. The standard InChI is InChI=1S/C18H16FN3O/c1-11-6-13(8-14(19)7-11)12-2-3-17-16(9-12)22-18(23-17)15-4-5-20-10-21-15/h4-8,10,12H,2-3,9H2,1H3. The Bertz CT molecular complexity index is 824. The first kappa shape index (κ1) is 14.1. The van der Waals surface area contributed by atoms with Crippen molar-refractivity contribution in [2.24, 2.45) is 0 Å². The van der Waals surface area contributed by atoms with Gasteiger partial charge in [0.1, 0.15) is 23.6 Å². The van der Waals surface area contributed by atoms with Crippen LogP contribution >= 0.6 is 0 Å². The molecule has 0 radical (unpaired) electrons. The largest absolute Gasteiger partial charge is 0.440 e. The van der Waals surface area contributed by atoms with Crippen molar-refractivity contribution in [2.75, 3.05) is 0 Å². The molecule has 5 heteroatoms. The number of fused-ring (bicyclic) bond motifs is 1. The first-order chi connectivity index (χ1) is 11.2. The second kappa shape index (κ2) is 5.57. The van der Waals surface area contributed by atoms with Crippen molar-refractivity contribution in [1.82, 2.24) is 15.0 Å². The van der Waals surface area contributed by atoms with Gasteiger partial charge in [0.05, 0.1) is 5.69 Å². The van der Waals surface area contributed by atoms with E-state index in [9.17, 15) is 4.39 Å². The van der Waals surface area contributed by atoms with Gasteiger partial charge in [0.25, 0.3) is 0 Å².